The lowest BCUT2D eigenvalue weighted by Gasteiger charge is -2.33. The first-order valence-electron chi connectivity index (χ1n) is 9.99. The van der Waals surface area contributed by atoms with E-state index >= 15 is 0 Å². The first-order chi connectivity index (χ1) is 15.2. The summed E-state index contributed by atoms with van der Waals surface area (Å²) in [5.74, 6) is -0.998. The number of anilines is 1. The number of pyridine rings is 1. The minimum atomic E-state index is -4.46. The van der Waals surface area contributed by atoms with Crippen LogP contribution in [0.1, 0.15) is 29.0 Å². The summed E-state index contributed by atoms with van der Waals surface area (Å²) >= 11 is 0. The molecule has 4 aromatic rings. The predicted octanol–water partition coefficient (Wildman–Crippen LogP) is 6.08. The molecule has 32 heavy (non-hydrogen) atoms. The smallest absolute Gasteiger partial charge is 0.308 e. The molecule has 2 aromatic carbocycles. The third-order valence-electron chi connectivity index (χ3n) is 5.75. The number of rotatable bonds is 2. The summed E-state index contributed by atoms with van der Waals surface area (Å²) in [4.78, 5) is 19.1. The van der Waals surface area contributed by atoms with Crippen molar-refractivity contribution in [3.63, 3.8) is 0 Å². The quantitative estimate of drug-likeness (QED) is 0.355. The topological polar surface area (TPSA) is 38.1 Å². The maximum Gasteiger partial charge on any atom is 0.416 e. The van der Waals surface area contributed by atoms with Crippen molar-refractivity contribution in [3.05, 3.63) is 84.1 Å². The Hall–Kier alpha value is -3.68. The van der Waals surface area contributed by atoms with E-state index in [1.165, 1.54) is 27.7 Å². The Balaban J connectivity index is 1.60. The van der Waals surface area contributed by atoms with Gasteiger partial charge in [-0.15, -0.1) is 0 Å². The first kappa shape index (κ1) is 20.2. The fraction of sp³-hybridized carbons (Fsp3) is 0.167. The average Bonchev–Trinajstić information content (AvgIpc) is 3.13. The zero-order chi connectivity index (χ0) is 22.6. The van der Waals surface area contributed by atoms with Crippen molar-refractivity contribution in [2.75, 3.05) is 11.4 Å². The summed E-state index contributed by atoms with van der Waals surface area (Å²) in [5.41, 5.74) is 1.57. The molecule has 0 unspecified atom stereocenters. The Morgan fingerprint density at radius 1 is 1.03 bits per heavy atom. The molecule has 4 nitrogen and oxygen atoms in total. The molecule has 5 rings (SSSR count). The molecule has 0 fully saturated rings. The molecule has 0 aliphatic carbocycles. The largest absolute Gasteiger partial charge is 0.416 e. The molecule has 8 heteroatoms. The zero-order valence-corrected chi connectivity index (χ0v) is 16.9. The lowest BCUT2D eigenvalue weighted by molar-refractivity contribution is -0.137. The lowest BCUT2D eigenvalue weighted by atomic mass is 10.0. The van der Waals surface area contributed by atoms with Crippen LogP contribution in [0.2, 0.25) is 0 Å². The summed E-state index contributed by atoms with van der Waals surface area (Å²) < 4.78 is 55.0. The van der Waals surface area contributed by atoms with Crippen LogP contribution in [0, 0.1) is 5.95 Å². The van der Waals surface area contributed by atoms with Gasteiger partial charge in [0.25, 0.3) is 5.91 Å². The van der Waals surface area contributed by atoms with Crippen molar-refractivity contribution in [3.8, 4) is 11.1 Å². The van der Waals surface area contributed by atoms with Gasteiger partial charge in [-0.05, 0) is 55.0 Å². The van der Waals surface area contributed by atoms with E-state index in [1.807, 2.05) is 12.1 Å². The number of carbonyl (C=O) groups is 1. The molecule has 0 saturated carbocycles. The van der Waals surface area contributed by atoms with Gasteiger partial charge < -0.3 is 9.47 Å². The summed E-state index contributed by atoms with van der Waals surface area (Å²) in [6.45, 7) is 1.91. The molecule has 0 radical (unpaired) electrons. The van der Waals surface area contributed by atoms with Crippen LogP contribution in [-0.4, -0.2) is 22.0 Å². The molecule has 162 valence electrons. The minimum absolute atomic E-state index is 0.143. The first-order valence-corrected chi connectivity index (χ1v) is 9.99. The molecule has 1 amide bonds. The van der Waals surface area contributed by atoms with E-state index < -0.39 is 29.6 Å². The number of hydrogen-bond acceptors (Lipinski definition) is 2. The highest BCUT2D eigenvalue weighted by atomic mass is 19.4. The average molecular weight is 439 g/mol. The normalized spacial score (nSPS) is 16.5. The fourth-order valence-electron chi connectivity index (χ4n) is 4.22. The monoisotopic (exact) mass is 439 g/mol. The second-order valence-electron chi connectivity index (χ2n) is 7.82. The molecule has 0 saturated heterocycles. The molecule has 1 aliphatic heterocycles. The predicted molar refractivity (Wildman–Crippen MR) is 113 cm³/mol. The van der Waals surface area contributed by atoms with Gasteiger partial charge in [0.1, 0.15) is 5.69 Å². The summed E-state index contributed by atoms with van der Waals surface area (Å²) in [6.07, 6.45) is -2.79. The van der Waals surface area contributed by atoms with Gasteiger partial charge in [-0.25, -0.2) is 0 Å². The van der Waals surface area contributed by atoms with Crippen molar-refractivity contribution >= 4 is 22.5 Å². The Morgan fingerprint density at radius 2 is 1.78 bits per heavy atom. The number of benzene rings is 2. The molecular weight excluding hydrogens is 422 g/mol. The van der Waals surface area contributed by atoms with Crippen molar-refractivity contribution in [1.29, 1.82) is 0 Å². The van der Waals surface area contributed by atoms with Gasteiger partial charge >= 0.3 is 6.18 Å². The Kier molecular flexibility index (Phi) is 4.54. The summed E-state index contributed by atoms with van der Waals surface area (Å²) in [7, 11) is 0. The van der Waals surface area contributed by atoms with Crippen LogP contribution in [0.5, 0.6) is 0 Å². The van der Waals surface area contributed by atoms with Gasteiger partial charge in [0.15, 0.2) is 5.95 Å². The van der Waals surface area contributed by atoms with Crippen LogP contribution >= 0.6 is 0 Å². The standard InChI is InChI=1S/C24H17F4N3O/c1-14-13-30(18-7-5-17(6-8-18)24(26,27)28)23(32)22-19(12-21(25)31(14)22)15-4-9-20-16(11-15)3-2-10-29-20/h2-12,14H,13H2,1H3/t14-/m0/s1. The number of fused-ring (bicyclic) bond motifs is 2. The number of halogens is 4. The van der Waals surface area contributed by atoms with E-state index in [4.69, 9.17) is 0 Å². The second-order valence-corrected chi connectivity index (χ2v) is 7.82. The number of hydrogen-bond donors (Lipinski definition) is 0. The van der Waals surface area contributed by atoms with Crippen molar-refractivity contribution < 1.29 is 22.4 Å². The van der Waals surface area contributed by atoms with Gasteiger partial charge in [-0.2, -0.15) is 17.6 Å². The van der Waals surface area contributed by atoms with Crippen molar-refractivity contribution in [2.45, 2.75) is 19.1 Å². The number of aromatic nitrogens is 2. The highest BCUT2D eigenvalue weighted by molar-refractivity contribution is 6.10. The molecule has 1 aliphatic rings. The molecule has 1 atom stereocenters. The van der Waals surface area contributed by atoms with Crippen molar-refractivity contribution in [1.82, 2.24) is 9.55 Å². The van der Waals surface area contributed by atoms with E-state index in [9.17, 15) is 22.4 Å². The van der Waals surface area contributed by atoms with Crippen LogP contribution in [0.4, 0.5) is 23.2 Å². The summed E-state index contributed by atoms with van der Waals surface area (Å²) in [6, 6.07) is 14.4. The number of carbonyl (C=O) groups excluding carboxylic acids is 1. The Bertz CT molecular complexity index is 1340. The molecule has 2 aromatic heterocycles. The Morgan fingerprint density at radius 3 is 2.50 bits per heavy atom. The van der Waals surface area contributed by atoms with E-state index in [0.717, 1.165) is 23.0 Å². The zero-order valence-electron chi connectivity index (χ0n) is 16.9. The lowest BCUT2D eigenvalue weighted by Crippen LogP contribution is -2.42. The molecule has 0 N–H and O–H groups in total. The second kappa shape index (κ2) is 7.19. The molecular formula is C24H17F4N3O. The maximum absolute atomic E-state index is 14.9. The van der Waals surface area contributed by atoms with Crippen LogP contribution in [0.15, 0.2) is 66.9 Å². The number of nitrogens with zero attached hydrogens (tertiary/aromatic N) is 3. The van der Waals surface area contributed by atoms with Gasteiger partial charge in [0.2, 0.25) is 0 Å². The van der Waals surface area contributed by atoms with Gasteiger partial charge in [-0.3, -0.25) is 9.78 Å². The van der Waals surface area contributed by atoms with Crippen LogP contribution in [0.3, 0.4) is 0 Å². The maximum atomic E-state index is 14.9. The third-order valence-corrected chi connectivity index (χ3v) is 5.75. The SMILES string of the molecule is C[C@H]1CN(c2ccc(C(F)(F)F)cc2)C(=O)c2c(-c3ccc4ncccc4c3)cc(F)n21. The molecule has 3 heterocycles. The van der Waals surface area contributed by atoms with Crippen molar-refractivity contribution in [2.24, 2.45) is 0 Å². The number of alkyl halides is 3. The fourth-order valence-corrected chi connectivity index (χ4v) is 4.22. The van der Waals surface area contributed by atoms with E-state index in [-0.39, 0.29) is 12.2 Å². The Labute approximate surface area is 180 Å². The van der Waals surface area contributed by atoms with Gasteiger partial charge in [0, 0.05) is 35.4 Å². The van der Waals surface area contributed by atoms with E-state index in [2.05, 4.69) is 4.98 Å². The highest BCUT2D eigenvalue weighted by Gasteiger charge is 2.36. The van der Waals surface area contributed by atoms with Crippen LogP contribution < -0.4 is 4.90 Å². The van der Waals surface area contributed by atoms with Gasteiger partial charge in [-0.1, -0.05) is 12.1 Å². The molecule has 0 bridgehead atoms. The molecule has 0 spiro atoms. The third kappa shape index (κ3) is 3.23. The highest BCUT2D eigenvalue weighted by Crippen LogP contribution is 2.37. The number of amides is 1. The van der Waals surface area contributed by atoms with Gasteiger partial charge in [0.05, 0.1) is 17.1 Å². The van der Waals surface area contributed by atoms with Crippen LogP contribution in [0.25, 0.3) is 22.0 Å². The van der Waals surface area contributed by atoms with E-state index in [0.29, 0.717) is 16.8 Å². The van der Waals surface area contributed by atoms with E-state index in [1.54, 1.807) is 31.3 Å². The minimum Gasteiger partial charge on any atom is -0.308 e. The van der Waals surface area contributed by atoms with Crippen LogP contribution in [-0.2, 0) is 6.18 Å². The summed E-state index contributed by atoms with van der Waals surface area (Å²) in [5, 5.41) is 0.848.